The van der Waals surface area contributed by atoms with Crippen LogP contribution in [0.25, 0.3) is 99.2 Å². The molecule has 0 saturated heterocycles. The molecule has 0 bridgehead atoms. The Morgan fingerprint density at radius 2 is 0.522 bits per heavy atom. The van der Waals surface area contributed by atoms with Crippen molar-refractivity contribution in [2.45, 2.75) is 107 Å². The lowest BCUT2D eigenvalue weighted by Crippen LogP contribution is -2.13. The van der Waals surface area contributed by atoms with Gasteiger partial charge in [0.05, 0.1) is 22.1 Å². The molecule has 0 aliphatic heterocycles. The average molecular weight is 1240 g/mol. The lowest BCUT2D eigenvalue weighted by Gasteiger charge is -2.31. The molecule has 16 rings (SSSR count). The lowest BCUT2D eigenvalue weighted by atomic mass is 9.80. The zero-order valence-corrected chi connectivity index (χ0v) is 55.7. The molecule has 0 spiro atoms. The number of benzene rings is 10. The Morgan fingerprint density at radius 3 is 0.793 bits per heavy atom. The Kier molecular flexibility index (Phi) is 14.8. The number of aryl methyl sites for hydroxylation is 10. The molecule has 0 amide bonds. The summed E-state index contributed by atoms with van der Waals surface area (Å²) < 4.78 is 26.2. The maximum atomic E-state index is 8.22. The maximum Gasteiger partial charge on any atom is 0.318 e. The van der Waals surface area contributed by atoms with Crippen molar-refractivity contribution in [1.29, 1.82) is 0 Å². The summed E-state index contributed by atoms with van der Waals surface area (Å²) in [4.78, 5) is 0. The molecule has 0 fully saturated rings. The van der Waals surface area contributed by atoms with Crippen molar-refractivity contribution in [3.05, 3.63) is 286 Å². The minimum atomic E-state index is -1.66. The van der Waals surface area contributed by atoms with Crippen molar-refractivity contribution in [1.82, 2.24) is 17.4 Å². The molecule has 2 aliphatic rings. The molecule has 0 saturated carbocycles. The van der Waals surface area contributed by atoms with Crippen LogP contribution in [-0.4, -0.2) is 17.4 Å². The first-order valence-corrected chi connectivity index (χ1v) is 35.2. The summed E-state index contributed by atoms with van der Waals surface area (Å²) in [5.74, 6) is 1.78. The fraction of sp³-hybridized carbons (Fsp3) is 0.190. The van der Waals surface area contributed by atoms with Crippen molar-refractivity contribution in [3.63, 3.8) is 0 Å². The predicted molar refractivity (Wildman–Crippen MR) is 389 cm³/mol. The van der Waals surface area contributed by atoms with E-state index in [1.165, 1.54) is 144 Å². The molecule has 0 radical (unpaired) electrons. The Bertz CT molecular complexity index is 4600. The summed E-state index contributed by atoms with van der Waals surface area (Å²) in [6.45, 7) is 17.6. The standard InChI is InChI=1S/C84H76N4O2P2/c1-53-37-54(2)42-71(41-53)67-21-17-63-29-33-85(77(63)49-67)91(86-34-30-64-18-22-68(50-78(64)86)72-43-55(3)38-56(4)44-72)89-81-27-25-61-13-9-11-15-75(61)83(81)84-76-16-12-10-14-62(76)26-28-82(84)90-92(87-35-31-65-19-23-69(51-79(65)87)73-45-57(5)39-58(6)46-73)88-36-32-66-20-24-70(52-80(66)88)74-47-59(7)40-60(8)48-74/h17-52H,9-16H2,1-8H3. The Balaban J connectivity index is 0.914. The normalized spacial score (nSPS) is 13.3. The van der Waals surface area contributed by atoms with Gasteiger partial charge in [-0.05, 0) is 234 Å². The van der Waals surface area contributed by atoms with Crippen LogP contribution in [0.2, 0.25) is 0 Å². The Hall–Kier alpha value is -9.18. The van der Waals surface area contributed by atoms with Gasteiger partial charge in [-0.1, -0.05) is 178 Å². The molecule has 8 heteroatoms. The van der Waals surface area contributed by atoms with Gasteiger partial charge in [-0.3, -0.25) is 17.4 Å². The van der Waals surface area contributed by atoms with Crippen molar-refractivity contribution in [2.75, 3.05) is 0 Å². The zero-order chi connectivity index (χ0) is 62.5. The topological polar surface area (TPSA) is 38.2 Å². The number of hydrogen-bond donors (Lipinski definition) is 0. The Morgan fingerprint density at radius 1 is 0.261 bits per heavy atom. The summed E-state index contributed by atoms with van der Waals surface area (Å²) in [5.41, 5.74) is 32.1. The summed E-state index contributed by atoms with van der Waals surface area (Å²) in [6.07, 6.45) is 17.6. The van der Waals surface area contributed by atoms with Crippen molar-refractivity contribution < 1.29 is 9.05 Å². The van der Waals surface area contributed by atoms with E-state index >= 15 is 0 Å². The van der Waals surface area contributed by atoms with Crippen LogP contribution in [0.4, 0.5) is 0 Å². The van der Waals surface area contributed by atoms with Crippen LogP contribution >= 0.6 is 16.9 Å². The molecule has 0 unspecified atom stereocenters. The van der Waals surface area contributed by atoms with E-state index < -0.39 is 16.9 Å². The largest absolute Gasteiger partial charge is 0.435 e. The zero-order valence-electron chi connectivity index (χ0n) is 53.9. The number of aromatic nitrogens is 4. The van der Waals surface area contributed by atoms with Gasteiger partial charge in [0.15, 0.2) is 0 Å². The van der Waals surface area contributed by atoms with E-state index in [0.717, 1.165) is 84.9 Å². The van der Waals surface area contributed by atoms with Crippen LogP contribution in [0, 0.1) is 55.4 Å². The van der Waals surface area contributed by atoms with Gasteiger partial charge in [0.2, 0.25) is 0 Å². The number of fused-ring (bicyclic) bond motifs is 6. The van der Waals surface area contributed by atoms with Crippen LogP contribution < -0.4 is 9.05 Å². The van der Waals surface area contributed by atoms with Gasteiger partial charge in [-0.15, -0.1) is 0 Å². The van der Waals surface area contributed by atoms with E-state index in [1.54, 1.807) is 0 Å². The van der Waals surface area contributed by atoms with E-state index in [0.29, 0.717) is 0 Å². The molecule has 4 heterocycles. The second kappa shape index (κ2) is 23.5. The van der Waals surface area contributed by atoms with Gasteiger partial charge >= 0.3 is 16.9 Å². The number of rotatable bonds is 13. The minimum absolute atomic E-state index is 0.888. The second-order valence-corrected chi connectivity index (χ2v) is 29.6. The fourth-order valence-electron chi connectivity index (χ4n) is 15.2. The first kappa shape index (κ1) is 57.9. The van der Waals surface area contributed by atoms with Gasteiger partial charge in [-0.2, -0.15) is 0 Å². The van der Waals surface area contributed by atoms with Crippen LogP contribution in [0.3, 0.4) is 0 Å². The molecule has 2 aliphatic carbocycles. The van der Waals surface area contributed by atoms with Gasteiger partial charge in [0.1, 0.15) is 11.5 Å². The highest BCUT2D eigenvalue weighted by Crippen LogP contribution is 2.56. The van der Waals surface area contributed by atoms with E-state index in [4.69, 9.17) is 9.05 Å². The summed E-state index contributed by atoms with van der Waals surface area (Å²) in [5, 5.41) is 4.69. The quantitative estimate of drug-likeness (QED) is 0.108. The average Bonchev–Trinajstić information content (AvgIpc) is 1.19. The third kappa shape index (κ3) is 10.8. The summed E-state index contributed by atoms with van der Waals surface area (Å²) in [6, 6.07) is 73.8. The molecule has 0 N–H and O–H groups in total. The summed E-state index contributed by atoms with van der Waals surface area (Å²) >= 11 is 0. The van der Waals surface area contributed by atoms with Gasteiger partial charge in [-0.25, -0.2) is 0 Å². The van der Waals surface area contributed by atoms with Crippen molar-refractivity contribution >= 4 is 60.5 Å². The molecule has 92 heavy (non-hydrogen) atoms. The molecular weight excluding hydrogens is 1160 g/mol. The highest BCUT2D eigenvalue weighted by molar-refractivity contribution is 7.50. The van der Waals surface area contributed by atoms with Gasteiger partial charge < -0.3 is 9.05 Å². The summed E-state index contributed by atoms with van der Waals surface area (Å²) in [7, 11) is -3.32. The van der Waals surface area contributed by atoms with E-state index in [1.807, 2.05) is 0 Å². The SMILES string of the molecule is Cc1cc(C)cc(-c2ccc3ccn(P(Oc4ccc5c(c4-c4c(OP(n6ccc7ccc(-c8cc(C)cc(C)c8)cc76)n6ccc7ccc(-c8cc(C)cc(C)c8)cc76)ccc6c4CCCC6)CCCC5)n4ccc5ccc(-c6cc(C)cc(C)c6)cc54)c3c2)c1. The smallest absolute Gasteiger partial charge is 0.318 e. The molecule has 6 nitrogen and oxygen atoms in total. The Labute approximate surface area is 543 Å². The van der Waals surface area contributed by atoms with Crippen LogP contribution in [0.15, 0.2) is 219 Å². The number of nitrogens with zero attached hydrogens (tertiary/aromatic N) is 4. The van der Waals surface area contributed by atoms with E-state index in [-0.39, 0.29) is 0 Å². The fourth-order valence-corrected chi connectivity index (χ4v) is 18.8. The highest BCUT2D eigenvalue weighted by atomic mass is 31.2. The van der Waals surface area contributed by atoms with Crippen LogP contribution in [0.5, 0.6) is 11.5 Å². The molecule has 14 aromatic rings. The first-order valence-electron chi connectivity index (χ1n) is 32.9. The maximum absolute atomic E-state index is 8.22. The third-order valence-corrected chi connectivity index (χ3v) is 22.8. The third-order valence-electron chi connectivity index (χ3n) is 19.2. The first-order chi connectivity index (χ1) is 44.8. The molecule has 0 atom stereocenters. The lowest BCUT2D eigenvalue weighted by molar-refractivity contribution is 0.582. The molecular formula is C84H76N4O2P2. The second-order valence-electron chi connectivity index (χ2n) is 26.5. The van der Waals surface area contributed by atoms with Crippen LogP contribution in [-0.2, 0) is 25.7 Å². The molecule has 4 aromatic heterocycles. The van der Waals surface area contributed by atoms with Gasteiger partial charge in [0, 0.05) is 57.5 Å². The van der Waals surface area contributed by atoms with Crippen molar-refractivity contribution in [2.24, 2.45) is 0 Å². The monoisotopic (exact) mass is 1230 g/mol. The van der Waals surface area contributed by atoms with E-state index in [2.05, 4.69) is 292 Å². The predicted octanol–water partition coefficient (Wildman–Crippen LogP) is 23.5. The number of hydrogen-bond acceptors (Lipinski definition) is 2. The minimum Gasteiger partial charge on any atom is -0.435 e. The van der Waals surface area contributed by atoms with Gasteiger partial charge in [0.25, 0.3) is 0 Å². The highest BCUT2D eigenvalue weighted by Gasteiger charge is 2.33. The van der Waals surface area contributed by atoms with Crippen LogP contribution in [0.1, 0.15) is 92.4 Å². The molecule has 454 valence electrons. The van der Waals surface area contributed by atoms with Crippen molar-refractivity contribution in [3.8, 4) is 67.1 Å². The molecule has 10 aromatic carbocycles. The van der Waals surface area contributed by atoms with E-state index in [9.17, 15) is 0 Å².